The number of nitrogens with zero attached hydrogens (tertiary/aromatic N) is 1. The van der Waals surface area contributed by atoms with Gasteiger partial charge in [0, 0.05) is 5.56 Å². The topological polar surface area (TPSA) is 61.7 Å². The van der Waals surface area contributed by atoms with Crippen LogP contribution < -0.4 is 9.84 Å². The van der Waals surface area contributed by atoms with Crippen molar-refractivity contribution in [3.8, 4) is 5.75 Å². The molecule has 5 heteroatoms. The van der Waals surface area contributed by atoms with Crippen LogP contribution >= 0.6 is 11.8 Å². The SMILES string of the molecule is COc1ccc(N=C(C=C([O-])c2ccccc2)SCC(=O)c2ccccc2)cc1. The van der Waals surface area contributed by atoms with Gasteiger partial charge in [-0.05, 0) is 35.9 Å². The second kappa shape index (κ2) is 10.3. The first-order chi connectivity index (χ1) is 14.2. The van der Waals surface area contributed by atoms with Crippen molar-refractivity contribution in [2.45, 2.75) is 0 Å². The molecule has 4 nitrogen and oxygen atoms in total. The molecule has 0 aromatic heterocycles. The highest BCUT2D eigenvalue weighted by Gasteiger charge is 2.08. The van der Waals surface area contributed by atoms with E-state index in [1.54, 1.807) is 55.6 Å². The summed E-state index contributed by atoms with van der Waals surface area (Å²) in [6, 6.07) is 25.3. The van der Waals surface area contributed by atoms with Gasteiger partial charge in [-0.25, -0.2) is 4.99 Å². The zero-order valence-corrected chi connectivity index (χ0v) is 16.8. The summed E-state index contributed by atoms with van der Waals surface area (Å²) in [6.45, 7) is 0. The van der Waals surface area contributed by atoms with E-state index in [1.165, 1.54) is 17.8 Å². The third-order valence-electron chi connectivity index (χ3n) is 4.07. The van der Waals surface area contributed by atoms with E-state index in [9.17, 15) is 9.90 Å². The van der Waals surface area contributed by atoms with Crippen molar-refractivity contribution in [1.82, 2.24) is 0 Å². The second-order valence-electron chi connectivity index (χ2n) is 6.10. The van der Waals surface area contributed by atoms with Crippen molar-refractivity contribution in [1.29, 1.82) is 0 Å². The number of rotatable bonds is 7. The molecule has 0 saturated heterocycles. The van der Waals surface area contributed by atoms with Gasteiger partial charge in [-0.1, -0.05) is 78.2 Å². The highest BCUT2D eigenvalue weighted by Crippen LogP contribution is 2.22. The Morgan fingerprint density at radius 2 is 1.52 bits per heavy atom. The molecule has 3 aromatic rings. The summed E-state index contributed by atoms with van der Waals surface area (Å²) >= 11 is 1.25. The normalized spacial score (nSPS) is 11.9. The summed E-state index contributed by atoms with van der Waals surface area (Å²) < 4.78 is 5.16. The third-order valence-corrected chi connectivity index (χ3v) is 4.98. The summed E-state index contributed by atoms with van der Waals surface area (Å²) in [5.41, 5.74) is 1.89. The maximum absolute atomic E-state index is 12.6. The standard InChI is InChI=1S/C24H21NO3S/c1-28-21-14-12-20(13-15-21)25-24(16-22(26)18-8-4-2-5-9-18)29-17-23(27)19-10-6-3-7-11-19/h2-16,26H,17H2,1H3/p-1. The van der Waals surface area contributed by atoms with Crippen molar-refractivity contribution in [2.24, 2.45) is 4.99 Å². The molecule has 0 amide bonds. The lowest BCUT2D eigenvalue weighted by Gasteiger charge is -2.13. The maximum atomic E-state index is 12.6. The molecule has 3 rings (SSSR count). The van der Waals surface area contributed by atoms with Gasteiger partial charge in [0.2, 0.25) is 0 Å². The summed E-state index contributed by atoms with van der Waals surface area (Å²) in [7, 11) is 1.60. The lowest BCUT2D eigenvalue weighted by molar-refractivity contribution is -0.243. The minimum Gasteiger partial charge on any atom is -0.872 e. The number of carbonyl (C=O) groups excluding carboxylic acids is 1. The smallest absolute Gasteiger partial charge is 0.173 e. The number of ether oxygens (including phenoxy) is 1. The van der Waals surface area contributed by atoms with Crippen LogP contribution in [0.25, 0.3) is 5.76 Å². The van der Waals surface area contributed by atoms with E-state index in [-0.39, 0.29) is 17.3 Å². The van der Waals surface area contributed by atoms with Crippen molar-refractivity contribution < 1.29 is 14.6 Å². The lowest BCUT2D eigenvalue weighted by Crippen LogP contribution is -2.07. The quantitative estimate of drug-likeness (QED) is 0.248. The summed E-state index contributed by atoms with van der Waals surface area (Å²) in [5, 5.41) is 13.1. The first kappa shape index (κ1) is 20.4. The fourth-order valence-corrected chi connectivity index (χ4v) is 3.34. The van der Waals surface area contributed by atoms with Crippen LogP contribution in [-0.4, -0.2) is 23.7 Å². The van der Waals surface area contributed by atoms with E-state index in [0.717, 1.165) is 5.75 Å². The van der Waals surface area contributed by atoms with E-state index in [4.69, 9.17) is 4.74 Å². The van der Waals surface area contributed by atoms with Crippen LogP contribution in [0.3, 0.4) is 0 Å². The van der Waals surface area contributed by atoms with Gasteiger partial charge in [0.05, 0.1) is 23.6 Å². The second-order valence-corrected chi connectivity index (χ2v) is 7.10. The Morgan fingerprint density at radius 3 is 2.10 bits per heavy atom. The van der Waals surface area contributed by atoms with E-state index >= 15 is 0 Å². The molecule has 0 fully saturated rings. The molecule has 0 atom stereocenters. The largest absolute Gasteiger partial charge is 0.872 e. The molecule has 0 saturated carbocycles. The number of carbonyl (C=O) groups is 1. The van der Waals surface area contributed by atoms with Gasteiger partial charge in [0.15, 0.2) is 5.78 Å². The fraction of sp³-hybridized carbons (Fsp3) is 0.0833. The fourth-order valence-electron chi connectivity index (χ4n) is 2.53. The molecule has 0 radical (unpaired) electrons. The average molecular weight is 402 g/mol. The third kappa shape index (κ3) is 6.09. The highest BCUT2D eigenvalue weighted by molar-refractivity contribution is 8.14. The predicted molar refractivity (Wildman–Crippen MR) is 118 cm³/mol. The molecule has 146 valence electrons. The number of aliphatic imine (C=N–C) groups is 1. The molecule has 0 bridgehead atoms. The van der Waals surface area contributed by atoms with Crippen LogP contribution in [0.2, 0.25) is 0 Å². The van der Waals surface area contributed by atoms with E-state index < -0.39 is 0 Å². The monoisotopic (exact) mass is 402 g/mol. The molecule has 0 aliphatic heterocycles. The number of ketones is 1. The van der Waals surface area contributed by atoms with Crippen molar-refractivity contribution in [3.05, 3.63) is 102 Å². The minimum atomic E-state index is -0.155. The van der Waals surface area contributed by atoms with E-state index in [1.807, 2.05) is 36.4 Å². The van der Waals surface area contributed by atoms with E-state index in [0.29, 0.717) is 21.9 Å². The maximum Gasteiger partial charge on any atom is 0.173 e. The molecule has 0 spiro atoms. The van der Waals surface area contributed by atoms with Crippen LogP contribution in [0.1, 0.15) is 15.9 Å². The zero-order valence-electron chi connectivity index (χ0n) is 15.9. The molecule has 0 aliphatic carbocycles. The van der Waals surface area contributed by atoms with Gasteiger partial charge in [-0.3, -0.25) is 4.79 Å². The van der Waals surface area contributed by atoms with Crippen molar-refractivity contribution in [2.75, 3.05) is 12.9 Å². The number of thioether (sulfide) groups is 1. The molecular formula is C24H20NO3S-. The Labute approximate surface area is 174 Å². The Hall–Kier alpha value is -3.31. The minimum absolute atomic E-state index is 0.0152. The first-order valence-electron chi connectivity index (χ1n) is 9.03. The van der Waals surface area contributed by atoms with Crippen LogP contribution in [-0.2, 0) is 0 Å². The molecule has 0 aliphatic rings. The number of methoxy groups -OCH3 is 1. The van der Waals surface area contributed by atoms with Gasteiger partial charge in [0.1, 0.15) is 5.75 Å². The number of Topliss-reactive ketones (excluding diaryl/α,β-unsaturated/α-hetero) is 1. The van der Waals surface area contributed by atoms with Gasteiger partial charge in [-0.2, -0.15) is 0 Å². The Morgan fingerprint density at radius 1 is 0.931 bits per heavy atom. The van der Waals surface area contributed by atoms with Gasteiger partial charge < -0.3 is 9.84 Å². The average Bonchev–Trinajstić information content (AvgIpc) is 2.79. The number of benzene rings is 3. The summed E-state index contributed by atoms with van der Waals surface area (Å²) in [6.07, 6.45) is 1.47. The highest BCUT2D eigenvalue weighted by atomic mass is 32.2. The first-order valence-corrected chi connectivity index (χ1v) is 10.0. The summed E-state index contributed by atoms with van der Waals surface area (Å²) in [4.78, 5) is 17.0. The Kier molecular flexibility index (Phi) is 7.25. The van der Waals surface area contributed by atoms with Gasteiger partial charge >= 0.3 is 0 Å². The molecular weight excluding hydrogens is 382 g/mol. The van der Waals surface area contributed by atoms with Crippen molar-refractivity contribution >= 4 is 34.0 Å². The molecule has 3 aromatic carbocycles. The van der Waals surface area contributed by atoms with Gasteiger partial charge in [-0.15, -0.1) is 0 Å². The Bertz CT molecular complexity index is 997. The van der Waals surface area contributed by atoms with Crippen LogP contribution in [0.4, 0.5) is 5.69 Å². The Balaban J connectivity index is 1.84. The van der Waals surface area contributed by atoms with Crippen LogP contribution in [0.15, 0.2) is 96.0 Å². The van der Waals surface area contributed by atoms with Gasteiger partial charge in [0.25, 0.3) is 0 Å². The number of hydrogen-bond donors (Lipinski definition) is 0. The molecule has 29 heavy (non-hydrogen) atoms. The predicted octanol–water partition coefficient (Wildman–Crippen LogP) is 4.74. The van der Waals surface area contributed by atoms with Crippen LogP contribution in [0, 0.1) is 0 Å². The molecule has 0 unspecified atom stereocenters. The summed E-state index contributed by atoms with van der Waals surface area (Å²) in [5.74, 6) is 0.746. The van der Waals surface area contributed by atoms with Crippen LogP contribution in [0.5, 0.6) is 5.75 Å². The molecule has 0 heterocycles. The van der Waals surface area contributed by atoms with Crippen molar-refractivity contribution in [3.63, 3.8) is 0 Å². The molecule has 0 N–H and O–H groups in total. The number of hydrogen-bond acceptors (Lipinski definition) is 5. The zero-order chi connectivity index (χ0) is 20.5. The van der Waals surface area contributed by atoms with E-state index in [2.05, 4.69) is 4.99 Å². The lowest BCUT2D eigenvalue weighted by atomic mass is 10.2.